The Morgan fingerprint density at radius 2 is 1.46 bits per heavy atom. The Balaban J connectivity index is 1.50. The van der Waals surface area contributed by atoms with Crippen LogP contribution in [0.25, 0.3) is 11.3 Å². The lowest BCUT2D eigenvalue weighted by Crippen LogP contribution is -2.33. The highest BCUT2D eigenvalue weighted by Gasteiger charge is 2.17. The summed E-state index contributed by atoms with van der Waals surface area (Å²) in [5.74, 6) is 0. The third kappa shape index (κ3) is 4.24. The fourth-order valence-electron chi connectivity index (χ4n) is 2.90. The fraction of sp³-hybridized carbons (Fsp3) is 0.0455. The van der Waals surface area contributed by atoms with Gasteiger partial charge >= 0.3 is 6.03 Å². The van der Waals surface area contributed by atoms with Crippen LogP contribution in [-0.2, 0) is 0 Å². The van der Waals surface area contributed by atoms with Gasteiger partial charge in [-0.05, 0) is 23.3 Å². The summed E-state index contributed by atoms with van der Waals surface area (Å²) in [5.41, 5.74) is 3.80. The summed E-state index contributed by atoms with van der Waals surface area (Å²) >= 11 is 1.39. The van der Waals surface area contributed by atoms with Gasteiger partial charge in [0.05, 0.1) is 11.7 Å². The van der Waals surface area contributed by atoms with E-state index in [-0.39, 0.29) is 12.1 Å². The number of amides is 2. The highest BCUT2D eigenvalue weighted by molar-refractivity contribution is 7.14. The minimum absolute atomic E-state index is 0.248. The molecule has 0 aliphatic rings. The number of benzene rings is 2. The van der Waals surface area contributed by atoms with Gasteiger partial charge in [-0.2, -0.15) is 0 Å². The van der Waals surface area contributed by atoms with Crippen LogP contribution >= 0.6 is 11.3 Å². The van der Waals surface area contributed by atoms with Crippen LogP contribution < -0.4 is 10.6 Å². The topological polar surface area (TPSA) is 66.9 Å². The minimum Gasteiger partial charge on any atom is -0.327 e. The molecule has 0 spiro atoms. The molecule has 4 aromatic rings. The second-order valence-corrected chi connectivity index (χ2v) is 6.98. The lowest BCUT2D eigenvalue weighted by atomic mass is 9.99. The summed E-state index contributed by atoms with van der Waals surface area (Å²) in [7, 11) is 0. The Bertz CT molecular complexity index is 996. The highest BCUT2D eigenvalue weighted by Crippen LogP contribution is 2.25. The molecule has 28 heavy (non-hydrogen) atoms. The molecule has 2 aromatic carbocycles. The molecule has 0 bridgehead atoms. The summed E-state index contributed by atoms with van der Waals surface area (Å²) in [4.78, 5) is 21.2. The number of carbonyl (C=O) groups excluding carboxylic acids is 1. The van der Waals surface area contributed by atoms with Crippen molar-refractivity contribution in [2.24, 2.45) is 0 Å². The highest BCUT2D eigenvalue weighted by atomic mass is 32.1. The van der Waals surface area contributed by atoms with Gasteiger partial charge in [0.1, 0.15) is 0 Å². The molecule has 2 aromatic heterocycles. The zero-order valence-electron chi connectivity index (χ0n) is 14.9. The van der Waals surface area contributed by atoms with Gasteiger partial charge in [0.25, 0.3) is 0 Å². The second-order valence-electron chi connectivity index (χ2n) is 6.13. The Hall–Kier alpha value is -3.51. The van der Waals surface area contributed by atoms with Crippen molar-refractivity contribution in [3.63, 3.8) is 0 Å². The Labute approximate surface area is 167 Å². The van der Waals surface area contributed by atoms with Gasteiger partial charge in [0.2, 0.25) is 0 Å². The number of anilines is 1. The average molecular weight is 386 g/mol. The molecule has 2 N–H and O–H groups in total. The van der Waals surface area contributed by atoms with Gasteiger partial charge in [-0.1, -0.05) is 60.7 Å². The molecule has 0 saturated carbocycles. The molecule has 6 heteroatoms. The molecule has 2 heterocycles. The number of urea groups is 1. The fourth-order valence-corrected chi connectivity index (χ4v) is 3.62. The second kappa shape index (κ2) is 8.45. The first-order valence-corrected chi connectivity index (χ1v) is 9.71. The number of pyridine rings is 1. The maximum atomic E-state index is 12.6. The van der Waals surface area contributed by atoms with E-state index in [1.54, 1.807) is 12.4 Å². The van der Waals surface area contributed by atoms with E-state index in [0.717, 1.165) is 22.4 Å². The van der Waals surface area contributed by atoms with Crippen LogP contribution in [0.1, 0.15) is 17.2 Å². The van der Waals surface area contributed by atoms with Crippen LogP contribution in [0.15, 0.2) is 90.6 Å². The monoisotopic (exact) mass is 386 g/mol. The van der Waals surface area contributed by atoms with Gasteiger partial charge in [-0.3, -0.25) is 10.3 Å². The summed E-state index contributed by atoms with van der Waals surface area (Å²) in [6.45, 7) is 0. The van der Waals surface area contributed by atoms with Crippen LogP contribution in [0, 0.1) is 0 Å². The number of carbonyl (C=O) groups is 1. The van der Waals surface area contributed by atoms with Crippen molar-refractivity contribution in [2.45, 2.75) is 6.04 Å². The SMILES string of the molecule is O=C(Nc1nc(-c2ccncc2)cs1)NC(c1ccccc1)c1ccccc1. The van der Waals surface area contributed by atoms with E-state index in [1.807, 2.05) is 78.2 Å². The van der Waals surface area contributed by atoms with Crippen molar-refractivity contribution in [1.82, 2.24) is 15.3 Å². The van der Waals surface area contributed by atoms with Gasteiger partial charge in [-0.25, -0.2) is 9.78 Å². The molecule has 0 unspecified atom stereocenters. The van der Waals surface area contributed by atoms with Gasteiger partial charge in [-0.15, -0.1) is 11.3 Å². The normalized spacial score (nSPS) is 10.6. The van der Waals surface area contributed by atoms with E-state index in [1.165, 1.54) is 11.3 Å². The zero-order valence-corrected chi connectivity index (χ0v) is 15.8. The lowest BCUT2D eigenvalue weighted by Gasteiger charge is -2.19. The van der Waals surface area contributed by atoms with Crippen molar-refractivity contribution in [2.75, 3.05) is 5.32 Å². The zero-order chi connectivity index (χ0) is 19.2. The molecule has 0 atom stereocenters. The van der Waals surface area contributed by atoms with Crippen molar-refractivity contribution < 1.29 is 4.79 Å². The molecular formula is C22H18N4OS. The third-order valence-electron chi connectivity index (χ3n) is 4.24. The maximum absolute atomic E-state index is 12.6. The molecule has 0 aliphatic carbocycles. The molecule has 5 nitrogen and oxygen atoms in total. The van der Waals surface area contributed by atoms with Crippen LogP contribution in [-0.4, -0.2) is 16.0 Å². The van der Waals surface area contributed by atoms with Crippen molar-refractivity contribution in [3.8, 4) is 11.3 Å². The molecule has 2 amide bonds. The molecule has 0 radical (unpaired) electrons. The van der Waals surface area contributed by atoms with Gasteiger partial charge in [0.15, 0.2) is 5.13 Å². The largest absolute Gasteiger partial charge is 0.327 e. The maximum Gasteiger partial charge on any atom is 0.321 e. The number of thiazole rings is 1. The molecule has 138 valence electrons. The first-order valence-electron chi connectivity index (χ1n) is 8.83. The standard InChI is InChI=1S/C22H18N4OS/c27-21(26-22-24-19(15-28-22)16-11-13-23-14-12-16)25-20(17-7-3-1-4-8-17)18-9-5-2-6-10-18/h1-15,20H,(H2,24,25,26,27). The first kappa shape index (κ1) is 17.9. The van der Waals surface area contributed by atoms with E-state index < -0.39 is 0 Å². The number of nitrogens with one attached hydrogen (secondary N) is 2. The number of rotatable bonds is 5. The predicted octanol–water partition coefficient (Wildman–Crippen LogP) is 5.12. The quantitative estimate of drug-likeness (QED) is 0.500. The minimum atomic E-state index is -0.298. The van der Waals surface area contributed by atoms with Crippen molar-refractivity contribution in [1.29, 1.82) is 0 Å². The van der Waals surface area contributed by atoms with E-state index in [9.17, 15) is 4.79 Å². The van der Waals surface area contributed by atoms with Gasteiger partial charge in [0, 0.05) is 23.3 Å². The number of aromatic nitrogens is 2. The van der Waals surface area contributed by atoms with E-state index in [4.69, 9.17) is 0 Å². The lowest BCUT2D eigenvalue weighted by molar-refractivity contribution is 0.250. The predicted molar refractivity (Wildman–Crippen MR) is 112 cm³/mol. The summed E-state index contributed by atoms with van der Waals surface area (Å²) in [6, 6.07) is 23.0. The average Bonchev–Trinajstić information content (AvgIpc) is 3.22. The van der Waals surface area contributed by atoms with Crippen molar-refractivity contribution in [3.05, 3.63) is 102 Å². The smallest absolute Gasteiger partial charge is 0.321 e. The summed E-state index contributed by atoms with van der Waals surface area (Å²) < 4.78 is 0. The van der Waals surface area contributed by atoms with E-state index >= 15 is 0 Å². The Kier molecular flexibility index (Phi) is 5.40. The third-order valence-corrected chi connectivity index (χ3v) is 5.00. The van der Waals surface area contributed by atoms with Crippen LogP contribution in [0.2, 0.25) is 0 Å². The van der Waals surface area contributed by atoms with Crippen LogP contribution in [0.3, 0.4) is 0 Å². The Morgan fingerprint density at radius 1 is 0.857 bits per heavy atom. The van der Waals surface area contributed by atoms with E-state index in [0.29, 0.717) is 5.13 Å². The van der Waals surface area contributed by atoms with Crippen LogP contribution in [0.4, 0.5) is 9.93 Å². The van der Waals surface area contributed by atoms with Crippen LogP contribution in [0.5, 0.6) is 0 Å². The molecule has 0 aliphatic heterocycles. The molecule has 0 saturated heterocycles. The molecular weight excluding hydrogens is 368 g/mol. The molecule has 4 rings (SSSR count). The number of hydrogen-bond donors (Lipinski definition) is 2. The number of nitrogens with zero attached hydrogens (tertiary/aromatic N) is 2. The number of hydrogen-bond acceptors (Lipinski definition) is 4. The van der Waals surface area contributed by atoms with E-state index in [2.05, 4.69) is 20.6 Å². The Morgan fingerprint density at radius 3 is 2.07 bits per heavy atom. The summed E-state index contributed by atoms with van der Waals surface area (Å²) in [6.07, 6.45) is 3.44. The molecule has 0 fully saturated rings. The first-order chi connectivity index (χ1) is 13.8. The van der Waals surface area contributed by atoms with Gasteiger partial charge < -0.3 is 5.32 Å². The summed E-state index contributed by atoms with van der Waals surface area (Å²) in [5, 5.41) is 8.36. The van der Waals surface area contributed by atoms with Crippen molar-refractivity contribution >= 4 is 22.5 Å².